The van der Waals surface area contributed by atoms with E-state index in [0.717, 1.165) is 37.3 Å². The van der Waals surface area contributed by atoms with Gasteiger partial charge < -0.3 is 25.4 Å². The highest BCUT2D eigenvalue weighted by Gasteiger charge is 2.28. The van der Waals surface area contributed by atoms with Crippen molar-refractivity contribution in [3.05, 3.63) is 59.0 Å². The van der Waals surface area contributed by atoms with Crippen molar-refractivity contribution >= 4 is 39.0 Å². The molecule has 0 aliphatic carbocycles. The van der Waals surface area contributed by atoms with Crippen molar-refractivity contribution in [2.24, 2.45) is 0 Å². The van der Waals surface area contributed by atoms with Gasteiger partial charge in [-0.05, 0) is 51.4 Å². The molecule has 2 amide bonds. The minimum atomic E-state index is -3.39. The Balaban J connectivity index is 1.63. The maximum absolute atomic E-state index is 13.5. The van der Waals surface area contributed by atoms with Crippen LogP contribution in [0.3, 0.4) is 0 Å². The van der Waals surface area contributed by atoms with Crippen LogP contribution in [0.1, 0.15) is 39.0 Å². The summed E-state index contributed by atoms with van der Waals surface area (Å²) in [7, 11) is 0.622. The van der Waals surface area contributed by atoms with Crippen molar-refractivity contribution in [3.63, 3.8) is 0 Å². The van der Waals surface area contributed by atoms with Gasteiger partial charge in [0.2, 0.25) is 10.0 Å². The van der Waals surface area contributed by atoms with Crippen LogP contribution in [0.25, 0.3) is 0 Å². The number of amides is 2. The number of aromatic nitrogens is 3. The van der Waals surface area contributed by atoms with Gasteiger partial charge in [0.25, 0.3) is 11.8 Å². The van der Waals surface area contributed by atoms with Crippen LogP contribution < -0.4 is 15.5 Å². The average Bonchev–Trinajstić information content (AvgIpc) is 3.54. The van der Waals surface area contributed by atoms with Crippen LogP contribution in [-0.2, 0) is 23.0 Å². The Morgan fingerprint density at radius 2 is 1.92 bits per heavy atom. The molecule has 0 saturated heterocycles. The zero-order chi connectivity index (χ0) is 27.4. The highest BCUT2D eigenvalue weighted by Crippen LogP contribution is 2.28. The van der Waals surface area contributed by atoms with Crippen LogP contribution in [-0.4, -0.2) is 91.1 Å². The lowest BCUT2D eigenvalue weighted by Gasteiger charge is -2.26. The van der Waals surface area contributed by atoms with E-state index < -0.39 is 15.9 Å². The summed E-state index contributed by atoms with van der Waals surface area (Å²) in [5.74, 6) is -0.579. The number of H-pyrrole nitrogens is 2. The average molecular weight is 543 g/mol. The number of sulfonamides is 1. The predicted molar refractivity (Wildman–Crippen MR) is 147 cm³/mol. The molecule has 1 aliphatic heterocycles. The van der Waals surface area contributed by atoms with Crippen molar-refractivity contribution in [1.82, 2.24) is 24.4 Å². The molecule has 0 saturated carbocycles. The molecule has 13 heteroatoms. The van der Waals surface area contributed by atoms with Crippen molar-refractivity contribution in [2.45, 2.75) is 19.9 Å². The van der Waals surface area contributed by atoms with Gasteiger partial charge in [-0.3, -0.25) is 14.7 Å². The summed E-state index contributed by atoms with van der Waals surface area (Å²) in [6.07, 6.45) is 3.28. The monoisotopic (exact) mass is 542 g/mol. The minimum Gasteiger partial charge on any atom is -0.370 e. The van der Waals surface area contributed by atoms with E-state index in [4.69, 9.17) is 0 Å². The van der Waals surface area contributed by atoms with E-state index in [-0.39, 0.29) is 23.8 Å². The van der Waals surface area contributed by atoms with Crippen LogP contribution in [0.15, 0.2) is 36.5 Å². The van der Waals surface area contributed by atoms with Gasteiger partial charge in [0.1, 0.15) is 5.69 Å². The first kappa shape index (κ1) is 27.4. The number of aromatic amines is 2. The van der Waals surface area contributed by atoms with Gasteiger partial charge in [0.15, 0.2) is 5.82 Å². The number of likely N-dealkylation sites (N-methyl/N-ethyl adjacent to an activating group) is 2. The van der Waals surface area contributed by atoms with E-state index in [1.807, 2.05) is 27.1 Å². The van der Waals surface area contributed by atoms with Crippen LogP contribution in [0.4, 0.5) is 17.2 Å². The number of carbonyl (C=O) groups is 2. The van der Waals surface area contributed by atoms with Gasteiger partial charge in [-0.25, -0.2) is 8.42 Å². The Labute approximate surface area is 222 Å². The first-order valence-corrected chi connectivity index (χ1v) is 14.2. The summed E-state index contributed by atoms with van der Waals surface area (Å²) in [5.41, 5.74) is 3.26. The zero-order valence-corrected chi connectivity index (χ0v) is 22.9. The van der Waals surface area contributed by atoms with Gasteiger partial charge in [0, 0.05) is 62.3 Å². The van der Waals surface area contributed by atoms with Crippen molar-refractivity contribution in [1.29, 1.82) is 0 Å². The van der Waals surface area contributed by atoms with Crippen LogP contribution in [0.5, 0.6) is 0 Å². The molecule has 3 heterocycles. The fourth-order valence-corrected chi connectivity index (χ4v) is 5.10. The SMILES string of the molecule is CCN(CCN(C)C)c1ccc(C(=O)Nc2n[nH]c3c2CN(S(C)(=O)=O)CC3)c(NC(=O)c2ccc[nH]2)c1. The molecule has 0 bridgehead atoms. The van der Waals surface area contributed by atoms with Gasteiger partial charge in [-0.2, -0.15) is 9.40 Å². The number of nitrogens with zero attached hydrogens (tertiary/aromatic N) is 4. The molecule has 0 fully saturated rings. The molecule has 3 aromatic rings. The lowest BCUT2D eigenvalue weighted by molar-refractivity contribution is 0.102. The molecule has 0 atom stereocenters. The molecule has 38 heavy (non-hydrogen) atoms. The summed E-state index contributed by atoms with van der Waals surface area (Å²) >= 11 is 0. The molecule has 4 N–H and O–H groups in total. The number of nitrogens with one attached hydrogen (secondary N) is 4. The summed E-state index contributed by atoms with van der Waals surface area (Å²) in [6, 6.07) is 8.69. The third kappa shape index (κ3) is 6.23. The third-order valence-electron chi connectivity index (χ3n) is 6.50. The second-order valence-corrected chi connectivity index (χ2v) is 11.5. The third-order valence-corrected chi connectivity index (χ3v) is 7.75. The second-order valence-electron chi connectivity index (χ2n) is 9.48. The normalized spacial score (nSPS) is 13.8. The Kier molecular flexibility index (Phi) is 8.19. The summed E-state index contributed by atoms with van der Waals surface area (Å²) < 4.78 is 25.5. The second kappa shape index (κ2) is 11.4. The molecule has 2 aromatic heterocycles. The molecule has 1 aliphatic rings. The summed E-state index contributed by atoms with van der Waals surface area (Å²) in [4.78, 5) is 33.5. The molecule has 204 valence electrons. The number of anilines is 3. The molecule has 4 rings (SSSR count). The van der Waals surface area contributed by atoms with Gasteiger partial charge in [0.05, 0.1) is 17.5 Å². The molecule has 1 aromatic carbocycles. The van der Waals surface area contributed by atoms with E-state index in [0.29, 0.717) is 29.9 Å². The standard InChI is InChI=1S/C25H34N8O4S/c1-5-32(14-13-31(2)3)17-8-9-18(22(15-17)27-25(35)21-7-6-11-26-21)24(34)28-23-19-16-33(38(4,36)37)12-10-20(19)29-30-23/h6-9,11,15,26H,5,10,12-14,16H2,1-4H3,(H,27,35)(H2,28,29,30,34). The molecule has 0 radical (unpaired) electrons. The predicted octanol–water partition coefficient (Wildman–Crippen LogP) is 1.95. The van der Waals surface area contributed by atoms with Crippen molar-refractivity contribution in [2.75, 3.05) is 62.1 Å². The fraction of sp³-hybridized carbons (Fsp3) is 0.400. The largest absolute Gasteiger partial charge is 0.370 e. The van der Waals surface area contributed by atoms with Gasteiger partial charge >= 0.3 is 0 Å². The van der Waals surface area contributed by atoms with E-state index in [1.165, 1.54) is 4.31 Å². The smallest absolute Gasteiger partial charge is 0.272 e. The first-order valence-electron chi connectivity index (χ1n) is 12.4. The number of benzene rings is 1. The van der Waals surface area contributed by atoms with E-state index in [9.17, 15) is 18.0 Å². The van der Waals surface area contributed by atoms with Gasteiger partial charge in [-0.15, -0.1) is 0 Å². The van der Waals surface area contributed by atoms with Crippen LogP contribution in [0.2, 0.25) is 0 Å². The molecule has 12 nitrogen and oxygen atoms in total. The topological polar surface area (TPSA) is 147 Å². The summed E-state index contributed by atoms with van der Waals surface area (Å²) in [5, 5.41) is 12.8. The quantitative estimate of drug-likeness (QED) is 0.306. The highest BCUT2D eigenvalue weighted by molar-refractivity contribution is 7.88. The van der Waals surface area contributed by atoms with Crippen molar-refractivity contribution < 1.29 is 18.0 Å². The molecule has 0 unspecified atom stereocenters. The highest BCUT2D eigenvalue weighted by atomic mass is 32.2. The maximum Gasteiger partial charge on any atom is 0.272 e. The Morgan fingerprint density at radius 1 is 1.13 bits per heavy atom. The number of hydrogen-bond donors (Lipinski definition) is 4. The van der Waals surface area contributed by atoms with E-state index in [1.54, 1.807) is 30.5 Å². The number of carbonyl (C=O) groups excluding carboxylic acids is 2. The van der Waals surface area contributed by atoms with Crippen LogP contribution >= 0.6 is 0 Å². The Hall–Kier alpha value is -3.68. The van der Waals surface area contributed by atoms with E-state index >= 15 is 0 Å². The number of hydrogen-bond acceptors (Lipinski definition) is 7. The summed E-state index contributed by atoms with van der Waals surface area (Å²) in [6.45, 7) is 4.88. The minimum absolute atomic E-state index is 0.118. The molecular formula is C25H34N8O4S. The number of fused-ring (bicyclic) bond motifs is 1. The van der Waals surface area contributed by atoms with E-state index in [2.05, 4.69) is 35.6 Å². The zero-order valence-electron chi connectivity index (χ0n) is 22.0. The van der Waals surface area contributed by atoms with Crippen LogP contribution in [0, 0.1) is 0 Å². The van der Waals surface area contributed by atoms with Crippen molar-refractivity contribution in [3.8, 4) is 0 Å². The maximum atomic E-state index is 13.5. The fourth-order valence-electron chi connectivity index (χ4n) is 4.31. The lowest BCUT2D eigenvalue weighted by Crippen LogP contribution is -2.35. The first-order chi connectivity index (χ1) is 18.1. The number of rotatable bonds is 10. The Morgan fingerprint density at radius 3 is 2.58 bits per heavy atom. The molecule has 0 spiro atoms. The van der Waals surface area contributed by atoms with Gasteiger partial charge in [-0.1, -0.05) is 0 Å². The lowest BCUT2D eigenvalue weighted by atomic mass is 10.1. The Bertz CT molecular complexity index is 1400. The molecular weight excluding hydrogens is 508 g/mol.